The molecule has 61 heavy (non-hydrogen) atoms. The van der Waals surface area contributed by atoms with Crippen LogP contribution in [0.25, 0.3) is 0 Å². The fraction of sp³-hybridized carbons (Fsp3) is 0.957. The summed E-state index contributed by atoms with van der Waals surface area (Å²) in [4.78, 5) is 24.3. The Kier molecular flexibility index (Phi) is 16.3. The lowest BCUT2D eigenvalue weighted by molar-refractivity contribution is -0.352. The molecule has 6 aliphatic heterocycles. The molecule has 0 aliphatic carbocycles. The van der Waals surface area contributed by atoms with Crippen molar-refractivity contribution in [2.75, 3.05) is 25.2 Å². The highest BCUT2D eigenvalue weighted by molar-refractivity contribution is 8.76. The molecule has 0 amide bonds. The van der Waals surface area contributed by atoms with Gasteiger partial charge in [-0.1, -0.05) is 77.0 Å². The van der Waals surface area contributed by atoms with Gasteiger partial charge in [0, 0.05) is 49.2 Å². The summed E-state index contributed by atoms with van der Waals surface area (Å²) in [5.41, 5.74) is -1.06. The van der Waals surface area contributed by atoms with E-state index in [4.69, 9.17) is 43.0 Å². The minimum atomic E-state index is -1.12. The number of carbonyl (C=O) groups is 2. The van der Waals surface area contributed by atoms with Crippen molar-refractivity contribution in [2.45, 2.75) is 212 Å². The molecule has 0 bridgehead atoms. The number of rotatable bonds is 16. The Balaban J connectivity index is 1.05. The lowest BCUT2D eigenvalue weighted by Gasteiger charge is -2.50. The average Bonchev–Trinajstić information content (AvgIpc) is 3.89. The molecule has 20 atom stereocenters. The second-order valence-electron chi connectivity index (χ2n) is 20.8. The maximum absolute atomic E-state index is 13.2. The van der Waals surface area contributed by atoms with Crippen molar-refractivity contribution in [3.8, 4) is 0 Å². The van der Waals surface area contributed by atoms with Crippen LogP contribution < -0.4 is 0 Å². The van der Waals surface area contributed by atoms with Gasteiger partial charge in [-0.25, -0.2) is 0 Å². The molecular weight excluding hydrogens is 821 g/mol. The Morgan fingerprint density at radius 3 is 2.28 bits per heavy atom. The summed E-state index contributed by atoms with van der Waals surface area (Å²) in [6.45, 7) is 23.5. The number of methoxy groups -OCH3 is 1. The third-order valence-electron chi connectivity index (χ3n) is 15.9. The normalized spacial score (nSPS) is 47.7. The standard InChI is InChI=1S/C47H80O12S2/c1-13-46(51)30(6)20-27(3)40(58-46)37-21-28(4)41(55-37)44(10)17-16-38(57-44)45(11)24-31(7)47(59-45)33(9)36(52-12)23-35(56-47)22-34-15-14-26(2)39(54-34)32(8)43(50)53-18-19-60-61-25-29(5)42(48)49/h26-41,51H,13-25H2,1-12H3,(H,48,49)/t26-,27-,28-,29-,30+,31+,32+,33+,34+,35+,36+,37+,38?,39?,40+,41+,44-,45+,46-,47+/m0/s1. The maximum Gasteiger partial charge on any atom is 0.311 e. The molecule has 1 spiro atoms. The van der Waals surface area contributed by atoms with Crippen LogP contribution in [0.15, 0.2) is 0 Å². The molecule has 6 rings (SSSR count). The minimum absolute atomic E-state index is 0.00811. The Hall–Kier alpha value is -0.680. The fourth-order valence-electron chi connectivity index (χ4n) is 12.1. The van der Waals surface area contributed by atoms with Gasteiger partial charge in [-0.3, -0.25) is 9.59 Å². The van der Waals surface area contributed by atoms with Gasteiger partial charge in [0.15, 0.2) is 11.6 Å². The molecule has 0 aromatic heterocycles. The van der Waals surface area contributed by atoms with Crippen molar-refractivity contribution >= 4 is 33.5 Å². The van der Waals surface area contributed by atoms with Gasteiger partial charge < -0.3 is 48.1 Å². The average molecular weight is 901 g/mol. The molecule has 0 saturated carbocycles. The number of aliphatic hydroxyl groups is 1. The van der Waals surface area contributed by atoms with Gasteiger partial charge in [-0.2, -0.15) is 0 Å². The molecule has 6 heterocycles. The van der Waals surface area contributed by atoms with Crippen LogP contribution in [0.2, 0.25) is 0 Å². The summed E-state index contributed by atoms with van der Waals surface area (Å²) >= 11 is 0. The van der Waals surface area contributed by atoms with E-state index in [1.807, 2.05) is 13.8 Å². The number of carboxylic acids is 1. The number of aliphatic carboxylic acids is 1. The first-order chi connectivity index (χ1) is 28.7. The Morgan fingerprint density at radius 1 is 0.852 bits per heavy atom. The van der Waals surface area contributed by atoms with Crippen LogP contribution in [0.4, 0.5) is 0 Å². The van der Waals surface area contributed by atoms with E-state index in [1.165, 1.54) is 21.6 Å². The summed E-state index contributed by atoms with van der Waals surface area (Å²) in [6, 6.07) is 0. The summed E-state index contributed by atoms with van der Waals surface area (Å²) in [6.07, 6.45) is 7.11. The molecule has 2 N–H and O–H groups in total. The summed E-state index contributed by atoms with van der Waals surface area (Å²) in [5, 5.41) is 20.4. The lowest BCUT2D eigenvalue weighted by Crippen LogP contribution is -2.58. The van der Waals surface area contributed by atoms with E-state index in [-0.39, 0.29) is 91.0 Å². The first-order valence-electron chi connectivity index (χ1n) is 23.6. The molecule has 2 unspecified atom stereocenters. The number of esters is 1. The monoisotopic (exact) mass is 901 g/mol. The van der Waals surface area contributed by atoms with Gasteiger partial charge in [0.2, 0.25) is 0 Å². The predicted octanol–water partition coefficient (Wildman–Crippen LogP) is 8.68. The topological polar surface area (TPSA) is 148 Å². The van der Waals surface area contributed by atoms with Crippen molar-refractivity contribution in [1.29, 1.82) is 0 Å². The summed E-state index contributed by atoms with van der Waals surface area (Å²) < 4.78 is 53.7. The molecule has 6 aliphatic rings. The second-order valence-corrected chi connectivity index (χ2v) is 23.4. The number of carboxylic acid groups (broad SMARTS) is 1. The van der Waals surface area contributed by atoms with Crippen molar-refractivity contribution in [1.82, 2.24) is 0 Å². The van der Waals surface area contributed by atoms with Crippen LogP contribution in [-0.4, -0.2) is 119 Å². The van der Waals surface area contributed by atoms with Crippen LogP contribution in [0, 0.1) is 47.3 Å². The van der Waals surface area contributed by atoms with Crippen LogP contribution >= 0.6 is 21.6 Å². The highest BCUT2D eigenvalue weighted by atomic mass is 33.1. The van der Waals surface area contributed by atoms with Crippen LogP contribution in [-0.2, 0) is 47.5 Å². The Morgan fingerprint density at radius 2 is 1.59 bits per heavy atom. The first kappa shape index (κ1) is 49.7. The van der Waals surface area contributed by atoms with Crippen molar-refractivity contribution in [3.63, 3.8) is 0 Å². The van der Waals surface area contributed by atoms with E-state index >= 15 is 0 Å². The highest BCUT2D eigenvalue weighted by Gasteiger charge is 2.65. The molecular formula is C47H80O12S2. The summed E-state index contributed by atoms with van der Waals surface area (Å²) in [7, 11) is 4.80. The highest BCUT2D eigenvalue weighted by Crippen LogP contribution is 2.57. The molecule has 12 nitrogen and oxygen atoms in total. The third kappa shape index (κ3) is 10.5. The van der Waals surface area contributed by atoms with E-state index in [9.17, 15) is 14.7 Å². The smallest absolute Gasteiger partial charge is 0.311 e. The number of carbonyl (C=O) groups excluding carboxylic acids is 1. The summed E-state index contributed by atoms with van der Waals surface area (Å²) in [5.74, 6) is -1.83. The van der Waals surface area contributed by atoms with Gasteiger partial charge >= 0.3 is 11.9 Å². The first-order valence-corrected chi connectivity index (χ1v) is 26.1. The molecule has 14 heteroatoms. The number of hydrogen-bond donors (Lipinski definition) is 2. The molecule has 6 fully saturated rings. The van der Waals surface area contributed by atoms with Gasteiger partial charge in [-0.05, 0) is 89.9 Å². The van der Waals surface area contributed by atoms with E-state index < -0.39 is 40.6 Å². The Labute approximate surface area is 374 Å². The number of hydrogen-bond acceptors (Lipinski definition) is 13. The third-order valence-corrected chi connectivity index (χ3v) is 18.5. The molecule has 0 aromatic carbocycles. The van der Waals surface area contributed by atoms with E-state index in [0.717, 1.165) is 51.4 Å². The zero-order valence-corrected chi connectivity index (χ0v) is 40.9. The van der Waals surface area contributed by atoms with E-state index in [0.29, 0.717) is 30.3 Å². The molecule has 0 radical (unpaired) electrons. The molecule has 352 valence electrons. The Bertz CT molecular complexity index is 1490. The second kappa shape index (κ2) is 20.0. The largest absolute Gasteiger partial charge is 0.481 e. The van der Waals surface area contributed by atoms with Gasteiger partial charge in [0.25, 0.3) is 0 Å². The molecule has 6 saturated heterocycles. The number of ether oxygens (including phenoxy) is 8. The van der Waals surface area contributed by atoms with E-state index in [1.54, 1.807) is 14.0 Å². The zero-order valence-electron chi connectivity index (χ0n) is 39.2. The quantitative estimate of drug-likeness (QED) is 0.0865. The fourth-order valence-corrected chi connectivity index (χ4v) is 14.3. The minimum Gasteiger partial charge on any atom is -0.481 e. The lowest BCUT2D eigenvalue weighted by atomic mass is 9.78. The van der Waals surface area contributed by atoms with Crippen LogP contribution in [0.1, 0.15) is 140 Å². The zero-order chi connectivity index (χ0) is 44.7. The van der Waals surface area contributed by atoms with Crippen LogP contribution in [0.3, 0.4) is 0 Å². The van der Waals surface area contributed by atoms with Crippen molar-refractivity contribution < 1.29 is 57.7 Å². The maximum atomic E-state index is 13.2. The van der Waals surface area contributed by atoms with Crippen LogP contribution in [0.5, 0.6) is 0 Å². The predicted molar refractivity (Wildman–Crippen MR) is 237 cm³/mol. The van der Waals surface area contributed by atoms with Gasteiger partial charge in [0.1, 0.15) is 6.61 Å². The SMILES string of the molecule is CC[C@]1(O)O[C@@H]([C@H]2C[C@H](C)[C@H]([C@]3(C)CCC([C@@]4(C)C[C@@H](C)[C@@]5(O[C@H](C[C@H]6CC[C@H](C)C([C@@H](C)C(=O)OCCSSC[C@H](C)C(=O)O)O6)C[C@@H](OC)[C@H]5C)O4)O3)O2)[C@@H](C)C[C@H]1C. The van der Waals surface area contributed by atoms with Crippen molar-refractivity contribution in [3.05, 3.63) is 0 Å². The van der Waals surface area contributed by atoms with Gasteiger partial charge in [0.05, 0.1) is 71.9 Å². The van der Waals surface area contributed by atoms with Gasteiger partial charge in [-0.15, -0.1) is 0 Å². The van der Waals surface area contributed by atoms with E-state index in [2.05, 4.69) is 55.4 Å². The molecule has 0 aromatic rings. The van der Waals surface area contributed by atoms with Crippen molar-refractivity contribution in [2.24, 2.45) is 47.3 Å².